The van der Waals surface area contributed by atoms with Crippen LogP contribution in [0.5, 0.6) is 0 Å². The summed E-state index contributed by atoms with van der Waals surface area (Å²) < 4.78 is 55.1. The van der Waals surface area contributed by atoms with E-state index in [0.717, 1.165) is 11.1 Å². The van der Waals surface area contributed by atoms with E-state index >= 15 is 0 Å². The van der Waals surface area contributed by atoms with Gasteiger partial charge in [0.15, 0.2) is 9.84 Å². The van der Waals surface area contributed by atoms with Crippen LogP contribution in [0.3, 0.4) is 0 Å². The van der Waals surface area contributed by atoms with Gasteiger partial charge < -0.3 is 4.90 Å². The zero-order chi connectivity index (χ0) is 25.7. The highest BCUT2D eigenvalue weighted by Crippen LogP contribution is 2.67. The number of carbonyl (C=O) groups excluding carboxylic acids is 1. The van der Waals surface area contributed by atoms with Crippen LogP contribution in [0.2, 0.25) is 5.02 Å². The molecule has 5 rings (SSSR count). The van der Waals surface area contributed by atoms with Crippen LogP contribution in [0.1, 0.15) is 62.5 Å². The van der Waals surface area contributed by atoms with E-state index in [2.05, 4.69) is 0 Å². The van der Waals surface area contributed by atoms with E-state index < -0.39 is 32.3 Å². The van der Waals surface area contributed by atoms with Gasteiger partial charge in [-0.15, -0.1) is 0 Å². The van der Waals surface area contributed by atoms with Crippen molar-refractivity contribution < 1.29 is 22.0 Å². The van der Waals surface area contributed by atoms with Gasteiger partial charge in [-0.3, -0.25) is 4.79 Å². The zero-order valence-electron chi connectivity index (χ0n) is 20.4. The molecule has 3 aliphatic carbocycles. The monoisotopic (exact) mass is 535 g/mol. The lowest BCUT2D eigenvalue weighted by molar-refractivity contribution is -0.139. The average molecular weight is 536 g/mol. The van der Waals surface area contributed by atoms with E-state index in [1.165, 1.54) is 0 Å². The molecule has 36 heavy (non-hydrogen) atoms. The maximum absolute atomic E-state index is 14.1. The molecule has 3 saturated carbocycles. The van der Waals surface area contributed by atoms with Crippen molar-refractivity contribution in [3.63, 3.8) is 0 Å². The highest BCUT2D eigenvalue weighted by molar-refractivity contribution is 7.92. The van der Waals surface area contributed by atoms with Crippen LogP contribution in [-0.2, 0) is 21.2 Å². The summed E-state index contributed by atoms with van der Waals surface area (Å²) in [4.78, 5) is 16.1. The molecule has 2 aromatic rings. The van der Waals surface area contributed by atoms with E-state index in [1.807, 2.05) is 19.1 Å². The number of amides is 1. The fourth-order valence-electron chi connectivity index (χ4n) is 6.26. The molecule has 0 N–H and O–H groups in total. The predicted octanol–water partition coefficient (Wildman–Crippen LogP) is 6.59. The smallest absolute Gasteiger partial charge is 0.254 e. The Morgan fingerprint density at radius 1 is 1.00 bits per heavy atom. The summed E-state index contributed by atoms with van der Waals surface area (Å²) >= 11 is 6.05. The van der Waals surface area contributed by atoms with E-state index in [1.54, 1.807) is 41.3 Å². The van der Waals surface area contributed by atoms with Crippen molar-refractivity contribution in [1.29, 1.82) is 0 Å². The van der Waals surface area contributed by atoms with Crippen molar-refractivity contribution in [2.75, 3.05) is 0 Å². The molecule has 4 nitrogen and oxygen atoms in total. The first-order valence-corrected chi connectivity index (χ1v) is 14.7. The van der Waals surface area contributed by atoms with Gasteiger partial charge in [0.25, 0.3) is 5.92 Å². The molecule has 0 aromatic heterocycles. The topological polar surface area (TPSA) is 54.5 Å². The van der Waals surface area contributed by atoms with Crippen molar-refractivity contribution >= 4 is 27.3 Å². The lowest BCUT2D eigenvalue weighted by Gasteiger charge is -2.39. The quantitative estimate of drug-likeness (QED) is 0.419. The van der Waals surface area contributed by atoms with Gasteiger partial charge in [-0.25, -0.2) is 17.2 Å². The Morgan fingerprint density at radius 2 is 1.61 bits per heavy atom. The summed E-state index contributed by atoms with van der Waals surface area (Å²) in [6.07, 6.45) is 3.38. The van der Waals surface area contributed by atoms with E-state index in [0.29, 0.717) is 56.5 Å². The largest absolute Gasteiger partial charge is 0.335 e. The first kappa shape index (κ1) is 25.7. The minimum absolute atomic E-state index is 0.0582. The molecule has 0 radical (unpaired) electrons. The number of halogens is 3. The summed E-state index contributed by atoms with van der Waals surface area (Å²) in [6, 6.07) is 13.8. The number of benzene rings is 2. The van der Waals surface area contributed by atoms with Crippen LogP contribution in [0, 0.1) is 18.3 Å². The molecule has 0 heterocycles. The molecule has 3 fully saturated rings. The second-order valence-corrected chi connectivity index (χ2v) is 13.5. The Balaban J connectivity index is 1.40. The zero-order valence-corrected chi connectivity index (χ0v) is 22.0. The van der Waals surface area contributed by atoms with Crippen molar-refractivity contribution in [1.82, 2.24) is 4.90 Å². The minimum Gasteiger partial charge on any atom is -0.335 e. The Bertz CT molecular complexity index is 1220. The van der Waals surface area contributed by atoms with Crippen LogP contribution in [-0.4, -0.2) is 36.4 Å². The molecule has 2 aromatic carbocycles. The minimum atomic E-state index is -3.68. The number of hydrogen-bond donors (Lipinski definition) is 0. The van der Waals surface area contributed by atoms with Gasteiger partial charge in [0.2, 0.25) is 5.91 Å². The van der Waals surface area contributed by atoms with Gasteiger partial charge in [-0.05, 0) is 75.3 Å². The van der Waals surface area contributed by atoms with E-state index in [4.69, 9.17) is 11.6 Å². The number of rotatable bonds is 6. The van der Waals surface area contributed by atoms with Crippen molar-refractivity contribution in [3.05, 3.63) is 64.7 Å². The summed E-state index contributed by atoms with van der Waals surface area (Å²) in [5, 5.41) is -0.185. The van der Waals surface area contributed by atoms with Crippen LogP contribution < -0.4 is 0 Å². The number of nitrogens with zero attached hydrogens (tertiary/aromatic N) is 1. The molecule has 1 amide bonds. The van der Waals surface area contributed by atoms with Gasteiger partial charge in [-0.2, -0.15) is 0 Å². The summed E-state index contributed by atoms with van der Waals surface area (Å²) in [7, 11) is -3.68. The second kappa shape index (κ2) is 9.39. The Kier molecular flexibility index (Phi) is 6.69. The third-order valence-corrected chi connectivity index (χ3v) is 11.2. The Labute approximate surface area is 216 Å². The average Bonchev–Trinajstić information content (AvgIpc) is 3.16. The second-order valence-electron chi connectivity index (χ2n) is 10.9. The molecule has 3 aliphatic rings. The molecule has 0 bridgehead atoms. The van der Waals surface area contributed by atoms with E-state index in [-0.39, 0.29) is 23.3 Å². The molecule has 0 saturated heterocycles. The summed E-state index contributed by atoms with van der Waals surface area (Å²) in [5.41, 5.74) is 0.961. The number of carbonyl (C=O) groups is 1. The fourth-order valence-corrected chi connectivity index (χ4v) is 8.41. The fraction of sp³-hybridized carbons (Fsp3) is 0.536. The maximum Gasteiger partial charge on any atom is 0.254 e. The van der Waals surface area contributed by atoms with Crippen LogP contribution in [0.25, 0.3) is 0 Å². The standard InChI is InChI=1S/C28H32ClF2NO3S/c1-19-5-11-23(12-6-19)36(34,35)25-4-2-3-24(25)26(33)32(17-20-7-9-21(29)10-8-20)22-13-15-27(16-14-22)18-28(27,30)31/h5-12,22,24-25H,2-4,13-18H2,1H3/t22?,24-,25-,27?/m0/s1. The third-order valence-electron chi connectivity index (χ3n) is 8.63. The van der Waals surface area contributed by atoms with Gasteiger partial charge >= 0.3 is 0 Å². The first-order chi connectivity index (χ1) is 17.0. The summed E-state index contributed by atoms with van der Waals surface area (Å²) in [6.45, 7) is 2.22. The lowest BCUT2D eigenvalue weighted by atomic mass is 9.81. The molecule has 2 atom stereocenters. The van der Waals surface area contributed by atoms with Crippen LogP contribution in [0.15, 0.2) is 53.4 Å². The first-order valence-electron chi connectivity index (χ1n) is 12.8. The molecular formula is C28H32ClF2NO3S. The highest BCUT2D eigenvalue weighted by atomic mass is 35.5. The van der Waals surface area contributed by atoms with Crippen molar-refractivity contribution in [3.8, 4) is 0 Å². The van der Waals surface area contributed by atoms with Crippen LogP contribution >= 0.6 is 11.6 Å². The Morgan fingerprint density at radius 3 is 2.19 bits per heavy atom. The molecule has 0 unspecified atom stereocenters. The van der Waals surface area contributed by atoms with E-state index in [9.17, 15) is 22.0 Å². The Hall–Kier alpha value is -1.99. The van der Waals surface area contributed by atoms with Crippen LogP contribution in [0.4, 0.5) is 8.78 Å². The van der Waals surface area contributed by atoms with Gasteiger partial charge in [-0.1, -0.05) is 47.9 Å². The molecule has 1 spiro atoms. The van der Waals surface area contributed by atoms with Crippen molar-refractivity contribution in [2.24, 2.45) is 11.3 Å². The third kappa shape index (κ3) is 4.69. The lowest BCUT2D eigenvalue weighted by Crippen LogP contribution is -2.47. The number of alkyl halides is 2. The molecule has 194 valence electrons. The predicted molar refractivity (Wildman–Crippen MR) is 136 cm³/mol. The molecule has 0 aliphatic heterocycles. The van der Waals surface area contributed by atoms with Gasteiger partial charge in [0.05, 0.1) is 16.1 Å². The van der Waals surface area contributed by atoms with Crippen molar-refractivity contribution in [2.45, 2.75) is 86.9 Å². The van der Waals surface area contributed by atoms with Gasteiger partial charge in [0, 0.05) is 29.4 Å². The number of aryl methyl sites for hydroxylation is 1. The maximum atomic E-state index is 14.1. The molecule has 8 heteroatoms. The number of hydrogen-bond acceptors (Lipinski definition) is 3. The number of sulfone groups is 1. The molecular weight excluding hydrogens is 504 g/mol. The SMILES string of the molecule is Cc1ccc(S(=O)(=O)[C@H]2CCC[C@@H]2C(=O)N(Cc2ccc(Cl)cc2)C2CCC3(CC2)CC3(F)F)cc1. The summed E-state index contributed by atoms with van der Waals surface area (Å²) in [5.74, 6) is -3.41. The van der Waals surface area contributed by atoms with Gasteiger partial charge in [0.1, 0.15) is 0 Å². The normalized spacial score (nSPS) is 29.3. The highest BCUT2D eigenvalue weighted by Gasteiger charge is 2.70.